The predicted molar refractivity (Wildman–Crippen MR) is 125 cm³/mol. The molecule has 0 saturated carbocycles. The third-order valence-corrected chi connectivity index (χ3v) is 5.40. The number of carbonyl (C=O) groups excluding carboxylic acids is 1. The van der Waals surface area contributed by atoms with E-state index in [1.807, 2.05) is 50.2 Å². The number of amides is 1. The van der Waals surface area contributed by atoms with Crippen LogP contribution in [0.2, 0.25) is 10.0 Å². The molecule has 3 aromatic rings. The number of benzene rings is 3. The van der Waals surface area contributed by atoms with Crippen LogP contribution in [0.15, 0.2) is 66.2 Å². The zero-order chi connectivity index (χ0) is 22.4. The minimum absolute atomic E-state index is 0.0287. The maximum atomic E-state index is 12.5. The van der Waals surface area contributed by atoms with Gasteiger partial charge < -0.3 is 10.1 Å². The molecule has 0 spiro atoms. The van der Waals surface area contributed by atoms with Crippen LogP contribution in [-0.4, -0.2) is 5.91 Å². The minimum Gasteiger partial charge on any atom is -0.487 e. The van der Waals surface area contributed by atoms with Crippen molar-refractivity contribution in [2.45, 2.75) is 20.5 Å². The Kier molecular flexibility index (Phi) is 7.36. The summed E-state index contributed by atoms with van der Waals surface area (Å²) in [6.07, 6.45) is 1.49. The number of aryl methyl sites for hydroxylation is 2. The van der Waals surface area contributed by atoms with E-state index in [9.17, 15) is 10.1 Å². The van der Waals surface area contributed by atoms with E-state index >= 15 is 0 Å². The molecular weight excluding hydrogens is 431 g/mol. The summed E-state index contributed by atoms with van der Waals surface area (Å²) >= 11 is 12.5. The van der Waals surface area contributed by atoms with Crippen molar-refractivity contribution >= 4 is 40.9 Å². The van der Waals surface area contributed by atoms with E-state index in [0.29, 0.717) is 27.0 Å². The van der Waals surface area contributed by atoms with Crippen molar-refractivity contribution in [3.8, 4) is 11.8 Å². The second-order valence-electron chi connectivity index (χ2n) is 6.99. The van der Waals surface area contributed by atoms with Crippen LogP contribution in [0, 0.1) is 25.2 Å². The van der Waals surface area contributed by atoms with Crippen LogP contribution in [0.25, 0.3) is 6.08 Å². The summed E-state index contributed by atoms with van der Waals surface area (Å²) in [5, 5.41) is 13.2. The molecule has 3 aromatic carbocycles. The lowest BCUT2D eigenvalue weighted by molar-refractivity contribution is -0.112. The van der Waals surface area contributed by atoms with E-state index in [1.54, 1.807) is 30.3 Å². The number of carbonyl (C=O) groups is 1. The van der Waals surface area contributed by atoms with E-state index in [2.05, 4.69) is 5.32 Å². The van der Waals surface area contributed by atoms with Gasteiger partial charge in [0, 0.05) is 16.3 Å². The number of anilines is 1. The Balaban J connectivity index is 1.72. The van der Waals surface area contributed by atoms with Crippen molar-refractivity contribution in [1.29, 1.82) is 5.26 Å². The van der Waals surface area contributed by atoms with Crippen molar-refractivity contribution in [2.24, 2.45) is 0 Å². The molecule has 0 fully saturated rings. The van der Waals surface area contributed by atoms with E-state index in [0.717, 1.165) is 16.7 Å². The molecule has 6 heteroatoms. The van der Waals surface area contributed by atoms with Gasteiger partial charge in [-0.25, -0.2) is 0 Å². The van der Waals surface area contributed by atoms with E-state index in [-0.39, 0.29) is 12.2 Å². The number of nitrogens with one attached hydrogen (secondary N) is 1. The minimum atomic E-state index is -0.485. The Morgan fingerprint density at radius 2 is 1.81 bits per heavy atom. The van der Waals surface area contributed by atoms with Gasteiger partial charge in [-0.15, -0.1) is 0 Å². The van der Waals surface area contributed by atoms with Crippen LogP contribution in [0.3, 0.4) is 0 Å². The summed E-state index contributed by atoms with van der Waals surface area (Å²) in [6, 6.07) is 20.0. The van der Waals surface area contributed by atoms with Gasteiger partial charge in [0.25, 0.3) is 5.91 Å². The van der Waals surface area contributed by atoms with Gasteiger partial charge in [0.1, 0.15) is 24.0 Å². The average Bonchev–Trinajstić information content (AvgIpc) is 2.75. The van der Waals surface area contributed by atoms with Crippen molar-refractivity contribution < 1.29 is 9.53 Å². The van der Waals surface area contributed by atoms with Crippen molar-refractivity contribution in [3.63, 3.8) is 0 Å². The van der Waals surface area contributed by atoms with Crippen molar-refractivity contribution in [2.75, 3.05) is 5.32 Å². The molecule has 0 aliphatic heterocycles. The molecule has 31 heavy (non-hydrogen) atoms. The van der Waals surface area contributed by atoms with Crippen LogP contribution in [0.1, 0.15) is 22.3 Å². The number of nitriles is 1. The fourth-order valence-corrected chi connectivity index (χ4v) is 3.26. The van der Waals surface area contributed by atoms with E-state index in [4.69, 9.17) is 27.9 Å². The molecule has 0 unspecified atom stereocenters. The third kappa shape index (κ3) is 5.88. The Labute approximate surface area is 191 Å². The van der Waals surface area contributed by atoms with Crippen molar-refractivity contribution in [1.82, 2.24) is 0 Å². The summed E-state index contributed by atoms with van der Waals surface area (Å²) in [5.74, 6) is -0.00209. The van der Waals surface area contributed by atoms with Gasteiger partial charge >= 0.3 is 0 Å². The number of ether oxygens (including phenoxy) is 1. The lowest BCUT2D eigenvalue weighted by Crippen LogP contribution is -2.13. The fourth-order valence-electron chi connectivity index (χ4n) is 2.83. The van der Waals surface area contributed by atoms with Gasteiger partial charge in [-0.05, 0) is 66.9 Å². The van der Waals surface area contributed by atoms with E-state index in [1.165, 1.54) is 6.08 Å². The summed E-state index contributed by atoms with van der Waals surface area (Å²) in [4.78, 5) is 12.5. The molecule has 0 aliphatic rings. The lowest BCUT2D eigenvalue weighted by atomic mass is 10.1. The highest BCUT2D eigenvalue weighted by molar-refractivity contribution is 6.32. The first-order valence-electron chi connectivity index (χ1n) is 9.53. The molecule has 0 heterocycles. The van der Waals surface area contributed by atoms with Gasteiger partial charge in [-0.1, -0.05) is 53.5 Å². The predicted octanol–water partition coefficient (Wildman–Crippen LogP) is 6.73. The Bertz CT molecular complexity index is 1200. The highest BCUT2D eigenvalue weighted by Crippen LogP contribution is 2.28. The lowest BCUT2D eigenvalue weighted by Gasteiger charge is -2.10. The molecule has 1 N–H and O–H groups in total. The van der Waals surface area contributed by atoms with Gasteiger partial charge in [0.05, 0.1) is 5.02 Å². The van der Waals surface area contributed by atoms with Crippen LogP contribution in [0.5, 0.6) is 5.75 Å². The Hall–Kier alpha value is -3.26. The highest BCUT2D eigenvalue weighted by atomic mass is 35.5. The average molecular weight is 451 g/mol. The normalized spacial score (nSPS) is 11.0. The summed E-state index contributed by atoms with van der Waals surface area (Å²) in [6.45, 7) is 4.23. The van der Waals surface area contributed by atoms with E-state index < -0.39 is 5.91 Å². The fraction of sp³-hybridized carbons (Fsp3) is 0.120. The molecular formula is C25H20Cl2N2O2. The van der Waals surface area contributed by atoms with Gasteiger partial charge in [0.2, 0.25) is 0 Å². The molecule has 0 aromatic heterocycles. The first kappa shape index (κ1) is 22.4. The first-order chi connectivity index (χ1) is 14.9. The molecule has 0 bridgehead atoms. The zero-order valence-electron chi connectivity index (χ0n) is 17.1. The molecule has 0 atom stereocenters. The van der Waals surface area contributed by atoms with Crippen LogP contribution < -0.4 is 10.1 Å². The quantitative estimate of drug-likeness (QED) is 0.334. The molecule has 0 radical (unpaired) electrons. The zero-order valence-corrected chi connectivity index (χ0v) is 18.6. The highest BCUT2D eigenvalue weighted by Gasteiger charge is 2.11. The van der Waals surface area contributed by atoms with Crippen LogP contribution in [0.4, 0.5) is 5.69 Å². The molecule has 0 aliphatic carbocycles. The molecule has 1 amide bonds. The summed E-state index contributed by atoms with van der Waals surface area (Å²) in [5.41, 5.74) is 4.25. The standard InChI is InChI=1S/C25H20Cl2N2O2/c1-16-7-9-21(11-17(16)2)29-25(30)20(14-28)12-18-8-10-24(23(27)13-18)31-15-19-5-3-4-6-22(19)26/h3-13H,15H2,1-2H3,(H,29,30)/b20-12+. The summed E-state index contributed by atoms with van der Waals surface area (Å²) < 4.78 is 5.76. The monoisotopic (exact) mass is 450 g/mol. The molecule has 156 valence electrons. The second-order valence-corrected chi connectivity index (χ2v) is 7.81. The Morgan fingerprint density at radius 1 is 1.03 bits per heavy atom. The Morgan fingerprint density at radius 3 is 2.48 bits per heavy atom. The smallest absolute Gasteiger partial charge is 0.266 e. The first-order valence-corrected chi connectivity index (χ1v) is 10.3. The number of nitrogens with zero attached hydrogens (tertiary/aromatic N) is 1. The molecule has 3 rings (SSSR count). The summed E-state index contributed by atoms with van der Waals surface area (Å²) in [7, 11) is 0. The maximum Gasteiger partial charge on any atom is 0.266 e. The SMILES string of the molecule is Cc1ccc(NC(=O)/C(C#N)=C/c2ccc(OCc3ccccc3Cl)c(Cl)c2)cc1C. The topological polar surface area (TPSA) is 62.1 Å². The number of rotatable bonds is 6. The number of hydrogen-bond donors (Lipinski definition) is 1. The van der Waals surface area contributed by atoms with Crippen LogP contribution in [-0.2, 0) is 11.4 Å². The third-order valence-electron chi connectivity index (χ3n) is 4.74. The largest absolute Gasteiger partial charge is 0.487 e. The van der Waals surface area contributed by atoms with Gasteiger partial charge in [0.15, 0.2) is 0 Å². The van der Waals surface area contributed by atoms with Gasteiger partial charge in [-0.3, -0.25) is 4.79 Å². The molecule has 4 nitrogen and oxygen atoms in total. The van der Waals surface area contributed by atoms with Gasteiger partial charge in [-0.2, -0.15) is 5.26 Å². The number of halogens is 2. The molecule has 0 saturated heterocycles. The van der Waals surface area contributed by atoms with Crippen LogP contribution >= 0.6 is 23.2 Å². The maximum absolute atomic E-state index is 12.5. The number of hydrogen-bond acceptors (Lipinski definition) is 3. The second kappa shape index (κ2) is 10.2. The van der Waals surface area contributed by atoms with Crippen molar-refractivity contribution in [3.05, 3.63) is 98.5 Å².